The van der Waals surface area contributed by atoms with Gasteiger partial charge >= 0.3 is 12.1 Å². The first kappa shape index (κ1) is 45.8. The van der Waals surface area contributed by atoms with Crippen molar-refractivity contribution in [1.82, 2.24) is 39.2 Å². The third kappa shape index (κ3) is 10.6. The van der Waals surface area contributed by atoms with E-state index in [9.17, 15) is 19.2 Å². The van der Waals surface area contributed by atoms with Crippen LogP contribution in [0, 0.1) is 22.7 Å². The summed E-state index contributed by atoms with van der Waals surface area (Å²) < 4.78 is 15.4. The van der Waals surface area contributed by atoms with E-state index in [4.69, 9.17) is 14.6 Å². The molecule has 0 unspecified atom stereocenters. The van der Waals surface area contributed by atoms with E-state index >= 15 is 0 Å². The third-order valence-corrected chi connectivity index (χ3v) is 14.0. The van der Waals surface area contributed by atoms with Crippen LogP contribution in [0.3, 0.4) is 0 Å². The van der Waals surface area contributed by atoms with E-state index in [1.807, 2.05) is 36.7 Å². The summed E-state index contributed by atoms with van der Waals surface area (Å²) in [5.41, 5.74) is 7.30. The molecular weight excluding hydrogens is 833 g/mol. The summed E-state index contributed by atoms with van der Waals surface area (Å²) in [5.74, 6) is 1.36. The third-order valence-electron chi connectivity index (χ3n) is 14.0. The number of piperidine rings is 2. The van der Waals surface area contributed by atoms with Crippen LogP contribution >= 0.6 is 0 Å². The summed E-state index contributed by atoms with van der Waals surface area (Å²) in [6, 6.07) is 21.7. The number of hydrogen-bond donors (Lipinski definition) is 0. The van der Waals surface area contributed by atoms with Gasteiger partial charge in [0.15, 0.2) is 11.6 Å². The van der Waals surface area contributed by atoms with E-state index in [-0.39, 0.29) is 71.7 Å². The number of ether oxygens (including phenoxy) is 2. The number of rotatable bonds is 6. The first-order valence-corrected chi connectivity index (χ1v) is 24.1. The number of ketones is 2. The molecule has 2 aromatic carbocycles. The van der Waals surface area contributed by atoms with Crippen molar-refractivity contribution < 1.29 is 28.7 Å². The van der Waals surface area contributed by atoms with Crippen molar-refractivity contribution in [3.05, 3.63) is 84.2 Å². The van der Waals surface area contributed by atoms with Crippen molar-refractivity contribution in [2.45, 2.75) is 104 Å². The van der Waals surface area contributed by atoms with Gasteiger partial charge in [-0.25, -0.2) is 9.59 Å². The van der Waals surface area contributed by atoms with Crippen LogP contribution in [0.2, 0.25) is 0 Å². The van der Waals surface area contributed by atoms with Gasteiger partial charge in [0.1, 0.15) is 13.2 Å². The number of Topliss-reactive ketones (excluding diaryl/α,β-unsaturated/α-hetero) is 2. The van der Waals surface area contributed by atoms with E-state index < -0.39 is 0 Å². The molecule has 10 rings (SSSR count). The molecule has 66 heavy (non-hydrogen) atoms. The van der Waals surface area contributed by atoms with Crippen LogP contribution in [0.1, 0.15) is 90.2 Å². The van der Waals surface area contributed by atoms with Gasteiger partial charge in [-0.05, 0) is 52.5 Å². The maximum Gasteiger partial charge on any atom is 0.320 e. The molecule has 14 nitrogen and oxygen atoms in total. The topological polar surface area (TPSA) is 135 Å². The summed E-state index contributed by atoms with van der Waals surface area (Å²) in [5, 5.41) is 9.23. The van der Waals surface area contributed by atoms with E-state index in [1.165, 1.54) is 16.7 Å². The van der Waals surface area contributed by atoms with Crippen LogP contribution in [-0.2, 0) is 32.2 Å². The molecule has 0 aliphatic carbocycles. The molecule has 6 aliphatic heterocycles. The Bertz CT molecular complexity index is 2370. The summed E-state index contributed by atoms with van der Waals surface area (Å²) in [7, 11) is 0. The number of benzene rings is 2. The lowest BCUT2D eigenvalue weighted by Crippen LogP contribution is -2.58. The molecule has 4 atom stereocenters. The Morgan fingerprint density at radius 1 is 0.606 bits per heavy atom. The number of urea groups is 2. The van der Waals surface area contributed by atoms with E-state index in [1.54, 1.807) is 0 Å². The minimum absolute atomic E-state index is 0.101. The number of amides is 4. The monoisotopic (exact) mass is 901 g/mol. The predicted molar refractivity (Wildman–Crippen MR) is 252 cm³/mol. The zero-order chi connectivity index (χ0) is 46.3. The first-order chi connectivity index (χ1) is 31.5. The molecule has 4 aromatic rings. The average molecular weight is 901 g/mol. The van der Waals surface area contributed by atoms with Crippen molar-refractivity contribution >= 4 is 23.6 Å². The molecule has 8 heterocycles. The van der Waals surface area contributed by atoms with E-state index in [2.05, 4.69) is 112 Å². The Labute approximate surface area is 389 Å². The number of fused-ring (bicyclic) bond motifs is 2. The summed E-state index contributed by atoms with van der Waals surface area (Å²) in [6.45, 7) is 21.2. The Hall–Kier alpha value is -5.34. The highest BCUT2D eigenvalue weighted by Gasteiger charge is 2.42. The van der Waals surface area contributed by atoms with Gasteiger partial charge in [-0.1, -0.05) is 90.1 Å². The maximum absolute atomic E-state index is 13.0. The fraction of sp³-hybridized carbons (Fsp3) is 0.577. The second-order valence-electron chi connectivity index (χ2n) is 22.1. The van der Waals surface area contributed by atoms with Crippen LogP contribution < -0.4 is 0 Å². The number of aromatic nitrogens is 4. The maximum atomic E-state index is 13.0. The summed E-state index contributed by atoms with van der Waals surface area (Å²) in [4.78, 5) is 57.1. The molecule has 4 amide bonds. The van der Waals surface area contributed by atoms with Crippen LogP contribution in [0.5, 0.6) is 0 Å². The molecule has 0 radical (unpaired) electrons. The molecule has 2 aromatic heterocycles. The van der Waals surface area contributed by atoms with Gasteiger partial charge < -0.3 is 29.1 Å². The van der Waals surface area contributed by atoms with E-state index in [0.29, 0.717) is 50.9 Å². The first-order valence-electron chi connectivity index (χ1n) is 24.1. The molecule has 14 heteroatoms. The Balaban J connectivity index is 0.000000166. The fourth-order valence-corrected chi connectivity index (χ4v) is 10.5. The number of nitrogens with zero attached hydrogens (tertiary/aromatic N) is 8. The Morgan fingerprint density at radius 3 is 1.58 bits per heavy atom. The van der Waals surface area contributed by atoms with Gasteiger partial charge in [0.2, 0.25) is 0 Å². The minimum atomic E-state index is 0.101. The summed E-state index contributed by atoms with van der Waals surface area (Å²) >= 11 is 0. The highest BCUT2D eigenvalue weighted by atomic mass is 16.5. The van der Waals surface area contributed by atoms with Gasteiger partial charge in [-0.15, -0.1) is 0 Å². The zero-order valence-corrected chi connectivity index (χ0v) is 39.7. The summed E-state index contributed by atoms with van der Waals surface area (Å²) in [6.07, 6.45) is 6.91. The van der Waals surface area contributed by atoms with Crippen molar-refractivity contribution in [2.75, 3.05) is 65.6 Å². The van der Waals surface area contributed by atoms with Crippen LogP contribution in [0.15, 0.2) is 73.1 Å². The second-order valence-corrected chi connectivity index (χ2v) is 22.1. The Morgan fingerprint density at radius 2 is 1.09 bits per heavy atom. The smallest absolute Gasteiger partial charge is 0.320 e. The van der Waals surface area contributed by atoms with Gasteiger partial charge in [0.25, 0.3) is 0 Å². The lowest BCUT2D eigenvalue weighted by molar-refractivity contribution is -0.140. The zero-order valence-electron chi connectivity index (χ0n) is 39.7. The molecule has 6 fully saturated rings. The molecule has 0 N–H and O–H groups in total. The van der Waals surface area contributed by atoms with Gasteiger partial charge in [0.05, 0.1) is 23.6 Å². The average Bonchev–Trinajstić information content (AvgIpc) is 3.91. The lowest BCUT2D eigenvalue weighted by Gasteiger charge is -2.46. The molecule has 6 saturated heterocycles. The van der Waals surface area contributed by atoms with E-state index in [0.717, 1.165) is 69.1 Å². The van der Waals surface area contributed by atoms with Crippen molar-refractivity contribution in [2.24, 2.45) is 22.7 Å². The second kappa shape index (κ2) is 18.7. The fourth-order valence-electron chi connectivity index (χ4n) is 10.5. The van der Waals surface area contributed by atoms with Crippen LogP contribution in [0.4, 0.5) is 9.59 Å². The highest BCUT2D eigenvalue weighted by Crippen LogP contribution is 2.35. The predicted octanol–water partition coefficient (Wildman–Crippen LogP) is 7.59. The molecule has 0 bridgehead atoms. The van der Waals surface area contributed by atoms with Crippen LogP contribution in [0.25, 0.3) is 22.5 Å². The van der Waals surface area contributed by atoms with Crippen molar-refractivity contribution in [1.29, 1.82) is 0 Å². The van der Waals surface area contributed by atoms with Gasteiger partial charge in [0, 0.05) is 120 Å². The normalized spacial score (nSPS) is 23.9. The number of hydrogen-bond acceptors (Lipinski definition) is 8. The lowest BCUT2D eigenvalue weighted by atomic mass is 9.87. The SMILES string of the molecule is CC(C)(C)Cn1ccc(-c2ccc(C3CN(C(=O)N4CC[C@@H]5OCC(=O)C[C@@H]5C4)C3)cc2)n1.CC(C)(C)Cn1nccc1-c1ccc(C2CN(C(=O)N3CC[C@@H]4OCC(=O)C[C@@H]4C3)C2)cc1. The Kier molecular flexibility index (Phi) is 13.0. The largest absolute Gasteiger partial charge is 0.370 e. The standard InChI is InChI=1S/2C26H34N4O3/c1-26(2,3)17-30-11-8-23(27-30)19-6-4-18(5-7-19)21-14-29(15-21)25(32)28-10-9-24-20(13-28)12-22(31)16-33-24;1-26(2,3)17-30-23(8-10-27-30)19-6-4-18(5-7-19)21-14-29(15-21)25(32)28-11-9-24-20(13-28)12-22(31)16-33-24/h4-8,11,20-21,24H,9-10,12-17H2,1-3H3;4-8,10,20-21,24H,9,11-17H2,1-3H3/t2*20-,24+/m11/s1. The molecule has 352 valence electrons. The molecule has 0 saturated carbocycles. The molecule has 6 aliphatic rings. The number of carbonyl (C=O) groups excluding carboxylic acids is 4. The molecular formula is C52H68N8O6. The minimum Gasteiger partial charge on any atom is -0.370 e. The van der Waals surface area contributed by atoms with Crippen molar-refractivity contribution in [3.8, 4) is 22.5 Å². The highest BCUT2D eigenvalue weighted by molar-refractivity contribution is 5.82. The number of carbonyl (C=O) groups is 4. The van der Waals surface area contributed by atoms with Gasteiger partial charge in [-0.2, -0.15) is 10.2 Å². The molecule has 0 spiro atoms. The van der Waals surface area contributed by atoms with Crippen LogP contribution in [-0.4, -0.2) is 141 Å². The van der Waals surface area contributed by atoms with Crippen molar-refractivity contribution in [3.63, 3.8) is 0 Å². The van der Waals surface area contributed by atoms with Gasteiger partial charge in [-0.3, -0.25) is 19.0 Å². The number of likely N-dealkylation sites (tertiary alicyclic amines) is 4. The quantitative estimate of drug-likeness (QED) is 0.193.